The lowest BCUT2D eigenvalue weighted by Gasteiger charge is -2.26. The lowest BCUT2D eigenvalue weighted by atomic mass is 10.2. The molecule has 3 rings (SSSR count). The highest BCUT2D eigenvalue weighted by Gasteiger charge is 2.29. The summed E-state index contributed by atoms with van der Waals surface area (Å²) in [6.45, 7) is 9.95. The quantitative estimate of drug-likeness (QED) is 0.665. The minimum atomic E-state index is -0.0571. The van der Waals surface area contributed by atoms with Gasteiger partial charge in [-0.3, -0.25) is 14.4 Å². The fraction of sp³-hybridized carbons (Fsp3) is 0.565. The normalized spacial score (nSPS) is 18.1. The van der Waals surface area contributed by atoms with Crippen LogP contribution in [0.4, 0.5) is 0 Å². The van der Waals surface area contributed by atoms with Crippen LogP contribution in [0, 0.1) is 12.8 Å². The molecule has 1 amide bonds. The second-order valence-corrected chi connectivity index (χ2v) is 8.56. The zero-order valence-corrected chi connectivity index (χ0v) is 18.8. The Morgan fingerprint density at radius 3 is 2.73 bits per heavy atom. The standard InChI is InChI=1S/C23H34N4O3/c1-17(2)10-27-14-22(30-16-19-7-6-8-21(9-19)29-5)13-26(15-23(27)28)12-20-11-25(4)24-18(20)3/h6-9,11,17,22H,10,12-16H2,1-5H3. The molecule has 1 aromatic heterocycles. The predicted octanol–water partition coefficient (Wildman–Crippen LogP) is 2.62. The van der Waals surface area contributed by atoms with E-state index in [-0.39, 0.29) is 12.0 Å². The van der Waals surface area contributed by atoms with Gasteiger partial charge in [0.25, 0.3) is 0 Å². The number of nitrogens with zero attached hydrogens (tertiary/aromatic N) is 4. The number of rotatable bonds is 8. The van der Waals surface area contributed by atoms with Crippen LogP contribution in [0.15, 0.2) is 30.5 Å². The van der Waals surface area contributed by atoms with Gasteiger partial charge in [0.1, 0.15) is 5.75 Å². The van der Waals surface area contributed by atoms with Gasteiger partial charge in [-0.15, -0.1) is 0 Å². The molecule has 164 valence electrons. The third kappa shape index (κ3) is 6.06. The summed E-state index contributed by atoms with van der Waals surface area (Å²) < 4.78 is 13.4. The van der Waals surface area contributed by atoms with Crippen molar-refractivity contribution in [3.63, 3.8) is 0 Å². The van der Waals surface area contributed by atoms with Crippen molar-refractivity contribution in [3.8, 4) is 5.75 Å². The maximum absolute atomic E-state index is 12.9. The molecule has 2 aromatic rings. The Hall–Kier alpha value is -2.38. The second kappa shape index (κ2) is 10.1. The van der Waals surface area contributed by atoms with Crippen molar-refractivity contribution in [3.05, 3.63) is 47.3 Å². The molecule has 1 aliphatic heterocycles. The maximum atomic E-state index is 12.9. The highest BCUT2D eigenvalue weighted by atomic mass is 16.5. The minimum absolute atomic E-state index is 0.0571. The van der Waals surface area contributed by atoms with E-state index in [0.717, 1.165) is 29.1 Å². The first-order valence-electron chi connectivity index (χ1n) is 10.6. The molecule has 0 spiro atoms. The van der Waals surface area contributed by atoms with Crippen molar-refractivity contribution in [1.82, 2.24) is 19.6 Å². The van der Waals surface area contributed by atoms with E-state index in [2.05, 4.69) is 23.8 Å². The number of benzene rings is 1. The molecule has 30 heavy (non-hydrogen) atoms. The number of ether oxygens (including phenoxy) is 2. The molecule has 2 heterocycles. The molecule has 0 saturated carbocycles. The van der Waals surface area contributed by atoms with E-state index < -0.39 is 0 Å². The Balaban J connectivity index is 1.72. The van der Waals surface area contributed by atoms with E-state index in [9.17, 15) is 4.79 Å². The minimum Gasteiger partial charge on any atom is -0.497 e. The fourth-order valence-electron chi connectivity index (χ4n) is 3.91. The Kier molecular flexibility index (Phi) is 7.50. The van der Waals surface area contributed by atoms with Gasteiger partial charge < -0.3 is 14.4 Å². The number of amides is 1. The number of hydrogen-bond acceptors (Lipinski definition) is 5. The average molecular weight is 415 g/mol. The number of aromatic nitrogens is 2. The van der Waals surface area contributed by atoms with Crippen LogP contribution >= 0.6 is 0 Å². The maximum Gasteiger partial charge on any atom is 0.236 e. The van der Waals surface area contributed by atoms with Gasteiger partial charge in [0.05, 0.1) is 32.1 Å². The summed E-state index contributed by atoms with van der Waals surface area (Å²) in [6, 6.07) is 7.92. The van der Waals surface area contributed by atoms with Gasteiger partial charge in [0, 0.05) is 45.0 Å². The van der Waals surface area contributed by atoms with E-state index in [4.69, 9.17) is 9.47 Å². The smallest absolute Gasteiger partial charge is 0.236 e. The zero-order chi connectivity index (χ0) is 21.7. The largest absolute Gasteiger partial charge is 0.497 e. The van der Waals surface area contributed by atoms with E-state index in [0.29, 0.717) is 38.7 Å². The number of aryl methyl sites for hydroxylation is 2. The first-order valence-corrected chi connectivity index (χ1v) is 10.6. The van der Waals surface area contributed by atoms with E-state index in [1.807, 2.05) is 54.0 Å². The van der Waals surface area contributed by atoms with Gasteiger partial charge in [-0.1, -0.05) is 26.0 Å². The molecule has 0 bridgehead atoms. The number of methoxy groups -OCH3 is 1. The molecule has 7 nitrogen and oxygen atoms in total. The Morgan fingerprint density at radius 2 is 2.07 bits per heavy atom. The Bertz CT molecular complexity index is 849. The number of carbonyl (C=O) groups is 1. The topological polar surface area (TPSA) is 59.8 Å². The third-order valence-electron chi connectivity index (χ3n) is 5.31. The van der Waals surface area contributed by atoms with Gasteiger partial charge in [-0.2, -0.15) is 5.10 Å². The van der Waals surface area contributed by atoms with Crippen molar-refractivity contribution < 1.29 is 14.3 Å². The van der Waals surface area contributed by atoms with Crippen LogP contribution in [0.3, 0.4) is 0 Å². The monoisotopic (exact) mass is 414 g/mol. The summed E-state index contributed by atoms with van der Waals surface area (Å²) in [5.41, 5.74) is 3.21. The summed E-state index contributed by atoms with van der Waals surface area (Å²) >= 11 is 0. The van der Waals surface area contributed by atoms with E-state index in [1.54, 1.807) is 7.11 Å². The summed E-state index contributed by atoms with van der Waals surface area (Å²) in [5, 5.41) is 4.44. The lowest BCUT2D eigenvalue weighted by Crippen LogP contribution is -2.40. The molecule has 1 aliphatic rings. The van der Waals surface area contributed by atoms with E-state index >= 15 is 0 Å². The van der Waals surface area contributed by atoms with Gasteiger partial charge in [0.2, 0.25) is 5.91 Å². The molecule has 0 N–H and O–H groups in total. The van der Waals surface area contributed by atoms with Gasteiger partial charge >= 0.3 is 0 Å². The summed E-state index contributed by atoms with van der Waals surface area (Å²) in [5.74, 6) is 1.40. The molecule has 1 fully saturated rings. The molecule has 1 atom stereocenters. The molecular weight excluding hydrogens is 380 g/mol. The second-order valence-electron chi connectivity index (χ2n) is 8.56. The van der Waals surface area contributed by atoms with Crippen molar-refractivity contribution in [1.29, 1.82) is 0 Å². The van der Waals surface area contributed by atoms with Crippen molar-refractivity contribution in [2.45, 2.75) is 40.0 Å². The first-order chi connectivity index (χ1) is 14.3. The average Bonchev–Trinajstić information content (AvgIpc) is 2.93. The van der Waals surface area contributed by atoms with Crippen LogP contribution < -0.4 is 4.74 Å². The van der Waals surface area contributed by atoms with E-state index in [1.165, 1.54) is 0 Å². The van der Waals surface area contributed by atoms with Gasteiger partial charge in [-0.25, -0.2) is 0 Å². The molecule has 0 aliphatic carbocycles. The Labute approximate surface area is 179 Å². The van der Waals surface area contributed by atoms with Crippen LogP contribution in [0.1, 0.15) is 30.7 Å². The molecule has 7 heteroatoms. The summed E-state index contributed by atoms with van der Waals surface area (Å²) in [7, 11) is 3.59. The predicted molar refractivity (Wildman–Crippen MR) is 116 cm³/mol. The molecule has 0 radical (unpaired) electrons. The molecule has 1 saturated heterocycles. The van der Waals surface area contributed by atoms with Crippen molar-refractivity contribution >= 4 is 5.91 Å². The summed E-state index contributed by atoms with van der Waals surface area (Å²) in [4.78, 5) is 17.1. The molecule has 1 unspecified atom stereocenters. The number of carbonyl (C=O) groups excluding carboxylic acids is 1. The lowest BCUT2D eigenvalue weighted by molar-refractivity contribution is -0.132. The van der Waals surface area contributed by atoms with Crippen LogP contribution in [-0.2, 0) is 29.7 Å². The van der Waals surface area contributed by atoms with Crippen molar-refractivity contribution in [2.24, 2.45) is 13.0 Å². The van der Waals surface area contributed by atoms with Gasteiger partial charge in [-0.05, 0) is 30.5 Å². The Morgan fingerprint density at radius 1 is 1.27 bits per heavy atom. The fourth-order valence-corrected chi connectivity index (χ4v) is 3.91. The van der Waals surface area contributed by atoms with Crippen LogP contribution in [0.2, 0.25) is 0 Å². The van der Waals surface area contributed by atoms with Crippen molar-refractivity contribution in [2.75, 3.05) is 33.3 Å². The molecular formula is C23H34N4O3. The zero-order valence-electron chi connectivity index (χ0n) is 18.8. The third-order valence-corrected chi connectivity index (χ3v) is 5.31. The first kappa shape index (κ1) is 22.3. The SMILES string of the molecule is COc1cccc(COC2CN(Cc3cn(C)nc3C)CC(=O)N(CC(C)C)C2)c1. The van der Waals surface area contributed by atoms with Crippen LogP contribution in [0.25, 0.3) is 0 Å². The summed E-state index contributed by atoms with van der Waals surface area (Å²) in [6.07, 6.45) is 1.97. The highest BCUT2D eigenvalue weighted by molar-refractivity contribution is 5.78. The van der Waals surface area contributed by atoms with Crippen LogP contribution in [0.5, 0.6) is 5.75 Å². The van der Waals surface area contributed by atoms with Gasteiger partial charge in [0.15, 0.2) is 0 Å². The highest BCUT2D eigenvalue weighted by Crippen LogP contribution is 2.18. The number of hydrogen-bond donors (Lipinski definition) is 0. The van der Waals surface area contributed by atoms with Crippen LogP contribution in [-0.4, -0.2) is 64.9 Å². The molecule has 1 aromatic carbocycles.